The quantitative estimate of drug-likeness (QED) is 0.677. The minimum absolute atomic E-state index is 0.0163. The van der Waals surface area contributed by atoms with E-state index in [0.29, 0.717) is 26.2 Å². The normalized spacial score (nSPS) is 18.9. The number of piperazine rings is 1. The van der Waals surface area contributed by atoms with E-state index in [-0.39, 0.29) is 25.0 Å². The second kappa shape index (κ2) is 7.18. The van der Waals surface area contributed by atoms with Crippen LogP contribution in [0.25, 0.3) is 0 Å². The molecule has 0 saturated carbocycles. The molecule has 0 aromatic rings. The molecule has 7 nitrogen and oxygen atoms in total. The van der Waals surface area contributed by atoms with Gasteiger partial charge in [0.2, 0.25) is 10.0 Å². The van der Waals surface area contributed by atoms with Crippen molar-refractivity contribution < 1.29 is 23.1 Å². The first-order chi connectivity index (χ1) is 8.81. The standard InChI is InChI=1S/C11H22N2O5S/c1-10(2)18-7-8-19(16,17)13-5-3-12(4-6-13)9-11(14)15/h10H,3-9H2,1-2H3,(H,14,15). The fourth-order valence-electron chi connectivity index (χ4n) is 1.88. The number of rotatable bonds is 7. The van der Waals surface area contributed by atoms with E-state index in [9.17, 15) is 13.2 Å². The van der Waals surface area contributed by atoms with Gasteiger partial charge in [0, 0.05) is 26.2 Å². The molecule has 0 aromatic heterocycles. The molecular formula is C11H22N2O5S. The van der Waals surface area contributed by atoms with Crippen molar-refractivity contribution in [2.75, 3.05) is 45.1 Å². The highest BCUT2D eigenvalue weighted by molar-refractivity contribution is 7.89. The first-order valence-electron chi connectivity index (χ1n) is 6.35. The second-order valence-corrected chi connectivity index (χ2v) is 6.89. The molecule has 1 fully saturated rings. The Labute approximate surface area is 114 Å². The smallest absolute Gasteiger partial charge is 0.317 e. The molecule has 112 valence electrons. The lowest BCUT2D eigenvalue weighted by Gasteiger charge is -2.33. The highest BCUT2D eigenvalue weighted by atomic mass is 32.2. The maximum absolute atomic E-state index is 12.0. The minimum Gasteiger partial charge on any atom is -0.480 e. The summed E-state index contributed by atoms with van der Waals surface area (Å²) in [5.74, 6) is -0.911. The lowest BCUT2D eigenvalue weighted by Crippen LogP contribution is -2.50. The molecule has 0 atom stereocenters. The Kier molecular flexibility index (Phi) is 6.18. The lowest BCUT2D eigenvalue weighted by molar-refractivity contribution is -0.138. The van der Waals surface area contributed by atoms with Crippen LogP contribution in [0.2, 0.25) is 0 Å². The second-order valence-electron chi connectivity index (χ2n) is 4.80. The Hall–Kier alpha value is -0.700. The molecule has 0 bridgehead atoms. The average Bonchev–Trinajstić information content (AvgIpc) is 2.28. The van der Waals surface area contributed by atoms with Crippen LogP contribution in [0.1, 0.15) is 13.8 Å². The molecule has 1 rings (SSSR count). The van der Waals surface area contributed by atoms with Crippen LogP contribution in [0.4, 0.5) is 0 Å². The number of carboxylic acid groups (broad SMARTS) is 1. The van der Waals surface area contributed by atoms with E-state index < -0.39 is 16.0 Å². The van der Waals surface area contributed by atoms with Crippen molar-refractivity contribution in [1.29, 1.82) is 0 Å². The molecule has 1 aliphatic rings. The molecule has 0 aliphatic carbocycles. The third kappa shape index (κ3) is 5.85. The molecule has 1 heterocycles. The van der Waals surface area contributed by atoms with Gasteiger partial charge >= 0.3 is 5.97 Å². The van der Waals surface area contributed by atoms with Gasteiger partial charge in [0.05, 0.1) is 25.0 Å². The average molecular weight is 294 g/mol. The van der Waals surface area contributed by atoms with Crippen molar-refractivity contribution in [3.63, 3.8) is 0 Å². The zero-order valence-corrected chi connectivity index (χ0v) is 12.2. The number of sulfonamides is 1. The van der Waals surface area contributed by atoms with Gasteiger partial charge in [-0.2, -0.15) is 4.31 Å². The van der Waals surface area contributed by atoms with E-state index in [4.69, 9.17) is 9.84 Å². The Morgan fingerprint density at radius 3 is 2.32 bits per heavy atom. The molecule has 1 saturated heterocycles. The van der Waals surface area contributed by atoms with Gasteiger partial charge < -0.3 is 9.84 Å². The summed E-state index contributed by atoms with van der Waals surface area (Å²) in [6, 6.07) is 0. The topological polar surface area (TPSA) is 87.2 Å². The van der Waals surface area contributed by atoms with E-state index >= 15 is 0 Å². The van der Waals surface area contributed by atoms with Crippen molar-refractivity contribution in [3.8, 4) is 0 Å². The summed E-state index contributed by atoms with van der Waals surface area (Å²) in [4.78, 5) is 12.3. The summed E-state index contributed by atoms with van der Waals surface area (Å²) in [7, 11) is -3.30. The number of aliphatic carboxylic acids is 1. The summed E-state index contributed by atoms with van der Waals surface area (Å²) in [6.07, 6.45) is 0.0163. The number of ether oxygens (including phenoxy) is 1. The monoisotopic (exact) mass is 294 g/mol. The predicted molar refractivity (Wildman–Crippen MR) is 70.5 cm³/mol. The minimum atomic E-state index is -3.30. The van der Waals surface area contributed by atoms with Crippen molar-refractivity contribution in [2.45, 2.75) is 20.0 Å². The van der Waals surface area contributed by atoms with Crippen molar-refractivity contribution in [2.24, 2.45) is 0 Å². The molecule has 0 radical (unpaired) electrons. The highest BCUT2D eigenvalue weighted by Crippen LogP contribution is 2.08. The van der Waals surface area contributed by atoms with Gasteiger partial charge in [-0.15, -0.1) is 0 Å². The molecule has 1 aliphatic heterocycles. The molecular weight excluding hydrogens is 272 g/mol. The number of hydrogen-bond acceptors (Lipinski definition) is 5. The summed E-state index contributed by atoms with van der Waals surface area (Å²) >= 11 is 0. The molecule has 19 heavy (non-hydrogen) atoms. The van der Waals surface area contributed by atoms with Crippen LogP contribution in [-0.4, -0.2) is 79.9 Å². The Morgan fingerprint density at radius 2 is 1.84 bits per heavy atom. The zero-order valence-electron chi connectivity index (χ0n) is 11.4. The summed E-state index contributed by atoms with van der Waals surface area (Å²) in [6.45, 7) is 5.47. The molecule has 1 N–H and O–H groups in total. The maximum atomic E-state index is 12.0. The summed E-state index contributed by atoms with van der Waals surface area (Å²) < 4.78 is 30.7. The van der Waals surface area contributed by atoms with E-state index in [1.165, 1.54) is 4.31 Å². The SMILES string of the molecule is CC(C)OCCS(=O)(=O)N1CCN(CC(=O)O)CC1. The van der Waals surface area contributed by atoms with Gasteiger partial charge in [0.1, 0.15) is 0 Å². The number of carboxylic acids is 1. The Balaban J connectivity index is 2.38. The largest absolute Gasteiger partial charge is 0.480 e. The fourth-order valence-corrected chi connectivity index (χ4v) is 3.16. The van der Waals surface area contributed by atoms with Crippen LogP contribution in [-0.2, 0) is 19.6 Å². The first-order valence-corrected chi connectivity index (χ1v) is 7.96. The predicted octanol–water partition coefficient (Wildman–Crippen LogP) is -0.557. The number of carbonyl (C=O) groups is 1. The summed E-state index contributed by atoms with van der Waals surface area (Å²) in [5, 5.41) is 8.67. The first kappa shape index (κ1) is 16.4. The van der Waals surface area contributed by atoms with Gasteiger partial charge in [0.25, 0.3) is 0 Å². The summed E-state index contributed by atoms with van der Waals surface area (Å²) in [5.41, 5.74) is 0. The van der Waals surface area contributed by atoms with Crippen LogP contribution < -0.4 is 0 Å². The number of hydrogen-bond donors (Lipinski definition) is 1. The van der Waals surface area contributed by atoms with E-state index in [0.717, 1.165) is 0 Å². The van der Waals surface area contributed by atoms with Gasteiger partial charge in [0.15, 0.2) is 0 Å². The Bertz CT molecular complexity index is 388. The highest BCUT2D eigenvalue weighted by Gasteiger charge is 2.27. The van der Waals surface area contributed by atoms with Crippen LogP contribution in [0.15, 0.2) is 0 Å². The zero-order chi connectivity index (χ0) is 14.5. The maximum Gasteiger partial charge on any atom is 0.317 e. The van der Waals surface area contributed by atoms with Gasteiger partial charge in [-0.1, -0.05) is 0 Å². The molecule has 0 aromatic carbocycles. The van der Waals surface area contributed by atoms with Crippen LogP contribution in [0, 0.1) is 0 Å². The molecule has 0 unspecified atom stereocenters. The van der Waals surface area contributed by atoms with Crippen LogP contribution >= 0.6 is 0 Å². The third-order valence-electron chi connectivity index (χ3n) is 2.88. The molecule has 0 amide bonds. The van der Waals surface area contributed by atoms with Gasteiger partial charge in [-0.05, 0) is 13.8 Å². The van der Waals surface area contributed by atoms with Gasteiger partial charge in [-0.25, -0.2) is 8.42 Å². The van der Waals surface area contributed by atoms with E-state index in [1.54, 1.807) is 4.90 Å². The molecule has 8 heteroatoms. The third-order valence-corrected chi connectivity index (χ3v) is 4.71. The lowest BCUT2D eigenvalue weighted by atomic mass is 10.3. The van der Waals surface area contributed by atoms with Crippen LogP contribution in [0.5, 0.6) is 0 Å². The van der Waals surface area contributed by atoms with Crippen molar-refractivity contribution >= 4 is 16.0 Å². The van der Waals surface area contributed by atoms with E-state index in [1.807, 2.05) is 13.8 Å². The fraction of sp³-hybridized carbons (Fsp3) is 0.909. The van der Waals surface area contributed by atoms with Crippen molar-refractivity contribution in [3.05, 3.63) is 0 Å². The molecule has 0 spiro atoms. The Morgan fingerprint density at radius 1 is 1.26 bits per heavy atom. The van der Waals surface area contributed by atoms with Crippen LogP contribution in [0.3, 0.4) is 0 Å². The van der Waals surface area contributed by atoms with Crippen molar-refractivity contribution in [1.82, 2.24) is 9.21 Å². The van der Waals surface area contributed by atoms with Gasteiger partial charge in [-0.3, -0.25) is 9.69 Å². The number of nitrogens with zero attached hydrogens (tertiary/aromatic N) is 2. The van der Waals surface area contributed by atoms with E-state index in [2.05, 4.69) is 0 Å².